The molecule has 2 heterocycles. The van der Waals surface area contributed by atoms with Gasteiger partial charge in [0.05, 0.1) is 11.7 Å². The van der Waals surface area contributed by atoms with Crippen molar-refractivity contribution in [2.24, 2.45) is 13.0 Å². The van der Waals surface area contributed by atoms with Crippen LogP contribution in [-0.4, -0.2) is 27.3 Å². The minimum atomic E-state index is -0.719. The van der Waals surface area contributed by atoms with E-state index in [-0.39, 0.29) is 30.1 Å². The van der Waals surface area contributed by atoms with Crippen molar-refractivity contribution in [3.8, 4) is 11.3 Å². The summed E-state index contributed by atoms with van der Waals surface area (Å²) in [6, 6.07) is 31.1. The molecule has 1 aromatic heterocycles. The number of hydrogen-bond donors (Lipinski definition) is 1. The van der Waals surface area contributed by atoms with Crippen molar-refractivity contribution in [3.63, 3.8) is 0 Å². The van der Waals surface area contributed by atoms with Crippen LogP contribution >= 0.6 is 0 Å². The number of aryl methyl sites for hydroxylation is 1. The van der Waals surface area contributed by atoms with E-state index in [2.05, 4.69) is 41.2 Å². The molecule has 3 unspecified atom stereocenters. The predicted octanol–water partition coefficient (Wildman–Crippen LogP) is 7.26. The lowest BCUT2D eigenvalue weighted by molar-refractivity contribution is -0.128. The average molecular weight is 560 g/mol. The zero-order valence-corrected chi connectivity index (χ0v) is 24.1. The molecule has 212 valence electrons. The van der Waals surface area contributed by atoms with Crippen LogP contribution in [-0.2, 0) is 18.4 Å². The number of hydrogen-bond acceptors (Lipinski definition) is 2. The normalized spacial score (nSPS) is 16.0. The number of fused-ring (bicyclic) bond motifs is 2. The molecule has 5 nitrogen and oxygen atoms in total. The van der Waals surface area contributed by atoms with E-state index in [9.17, 15) is 14.0 Å². The molecule has 4 aromatic carbocycles. The minimum Gasteiger partial charge on any atom is -0.350 e. The summed E-state index contributed by atoms with van der Waals surface area (Å²) in [5.74, 6) is -0.810. The smallest absolute Gasteiger partial charge is 0.255 e. The lowest BCUT2D eigenvalue weighted by Gasteiger charge is -2.36. The molecular formula is C36H34FN3O2. The highest BCUT2D eigenvalue weighted by Gasteiger charge is 2.47. The number of para-hydroxylation sites is 1. The van der Waals surface area contributed by atoms with Crippen LogP contribution in [0.1, 0.15) is 53.4 Å². The molecule has 0 aliphatic carbocycles. The van der Waals surface area contributed by atoms with E-state index in [4.69, 9.17) is 0 Å². The Hall–Kier alpha value is -4.71. The monoisotopic (exact) mass is 559 g/mol. The molecule has 2 amide bonds. The summed E-state index contributed by atoms with van der Waals surface area (Å²) in [4.78, 5) is 30.2. The average Bonchev–Trinajstić information content (AvgIpc) is 3.47. The van der Waals surface area contributed by atoms with E-state index >= 15 is 0 Å². The zero-order valence-electron chi connectivity index (χ0n) is 24.1. The van der Waals surface area contributed by atoms with Gasteiger partial charge in [0.15, 0.2) is 0 Å². The van der Waals surface area contributed by atoms with E-state index in [0.717, 1.165) is 38.9 Å². The van der Waals surface area contributed by atoms with E-state index in [1.165, 1.54) is 12.1 Å². The Bertz CT molecular complexity index is 1760. The quantitative estimate of drug-likeness (QED) is 0.218. The molecule has 6 heteroatoms. The molecule has 1 N–H and O–H groups in total. The highest BCUT2D eigenvalue weighted by molar-refractivity contribution is 6.04. The molecule has 1 aliphatic heterocycles. The fourth-order valence-corrected chi connectivity index (χ4v) is 6.34. The molecule has 0 saturated heterocycles. The highest BCUT2D eigenvalue weighted by Crippen LogP contribution is 2.48. The predicted molar refractivity (Wildman–Crippen MR) is 164 cm³/mol. The number of amides is 2. The summed E-state index contributed by atoms with van der Waals surface area (Å²) in [5.41, 5.74) is 6.45. The summed E-state index contributed by atoms with van der Waals surface area (Å²) >= 11 is 0. The summed E-state index contributed by atoms with van der Waals surface area (Å²) in [5, 5.41) is 4.11. The first kappa shape index (κ1) is 27.5. The van der Waals surface area contributed by atoms with Crippen molar-refractivity contribution >= 4 is 22.7 Å². The fourth-order valence-electron chi connectivity index (χ4n) is 6.34. The lowest BCUT2D eigenvalue weighted by Crippen LogP contribution is -2.51. The van der Waals surface area contributed by atoms with Gasteiger partial charge < -0.3 is 14.8 Å². The Morgan fingerprint density at radius 3 is 2.31 bits per heavy atom. The van der Waals surface area contributed by atoms with Crippen molar-refractivity contribution in [1.82, 2.24) is 14.8 Å². The van der Waals surface area contributed by atoms with Crippen LogP contribution in [0, 0.1) is 11.7 Å². The zero-order chi connectivity index (χ0) is 29.4. The Morgan fingerprint density at radius 2 is 1.57 bits per heavy atom. The first-order valence-electron chi connectivity index (χ1n) is 14.5. The van der Waals surface area contributed by atoms with Gasteiger partial charge in [0.1, 0.15) is 11.9 Å². The van der Waals surface area contributed by atoms with Crippen molar-refractivity contribution < 1.29 is 14.0 Å². The van der Waals surface area contributed by atoms with E-state index < -0.39 is 12.1 Å². The topological polar surface area (TPSA) is 54.3 Å². The third kappa shape index (κ3) is 4.67. The van der Waals surface area contributed by atoms with Gasteiger partial charge in [-0.1, -0.05) is 99.1 Å². The van der Waals surface area contributed by atoms with Gasteiger partial charge in [0.2, 0.25) is 5.91 Å². The number of rotatable bonds is 8. The molecule has 0 fully saturated rings. The van der Waals surface area contributed by atoms with Crippen LogP contribution in [0.5, 0.6) is 0 Å². The van der Waals surface area contributed by atoms with Crippen molar-refractivity contribution in [1.29, 1.82) is 0 Å². The van der Waals surface area contributed by atoms with Crippen LogP contribution < -0.4 is 5.32 Å². The first-order chi connectivity index (χ1) is 20.4. The SMILES string of the molecule is CCC(C)C(C(=O)NCc1ccc(F)cc1)N1C(=O)c2ccccc2C1c1c(-c2ccccc2)n(C)c2ccccc12. The summed E-state index contributed by atoms with van der Waals surface area (Å²) in [6.07, 6.45) is 0.711. The third-order valence-electron chi connectivity index (χ3n) is 8.60. The van der Waals surface area contributed by atoms with Crippen molar-refractivity contribution in [3.05, 3.63) is 131 Å². The largest absolute Gasteiger partial charge is 0.350 e. The van der Waals surface area contributed by atoms with Gasteiger partial charge in [0.25, 0.3) is 5.91 Å². The maximum Gasteiger partial charge on any atom is 0.255 e. The van der Waals surface area contributed by atoms with Gasteiger partial charge in [-0.3, -0.25) is 9.59 Å². The van der Waals surface area contributed by atoms with Gasteiger partial charge in [-0.05, 0) is 46.9 Å². The Labute approximate surface area is 245 Å². The summed E-state index contributed by atoms with van der Waals surface area (Å²) < 4.78 is 15.7. The second-order valence-electron chi connectivity index (χ2n) is 11.1. The number of benzene rings is 4. The summed E-state index contributed by atoms with van der Waals surface area (Å²) in [6.45, 7) is 4.31. The molecule has 3 atom stereocenters. The van der Waals surface area contributed by atoms with Gasteiger partial charge in [-0.2, -0.15) is 0 Å². The molecule has 0 saturated carbocycles. The number of halogens is 1. The Kier molecular flexibility index (Phi) is 7.38. The number of aromatic nitrogens is 1. The molecule has 6 rings (SSSR count). The molecule has 1 aliphatic rings. The number of carbonyl (C=O) groups excluding carboxylic acids is 2. The first-order valence-corrected chi connectivity index (χ1v) is 14.5. The van der Waals surface area contributed by atoms with Crippen LogP contribution in [0.3, 0.4) is 0 Å². The van der Waals surface area contributed by atoms with Crippen LogP contribution in [0.2, 0.25) is 0 Å². The minimum absolute atomic E-state index is 0.117. The van der Waals surface area contributed by atoms with Gasteiger partial charge in [-0.15, -0.1) is 0 Å². The molecule has 42 heavy (non-hydrogen) atoms. The van der Waals surface area contributed by atoms with Crippen molar-refractivity contribution in [2.75, 3.05) is 0 Å². The van der Waals surface area contributed by atoms with E-state index in [1.54, 1.807) is 12.1 Å². The molecule has 0 bridgehead atoms. The van der Waals surface area contributed by atoms with Gasteiger partial charge in [0, 0.05) is 35.6 Å². The van der Waals surface area contributed by atoms with Gasteiger partial charge >= 0.3 is 0 Å². The third-order valence-corrected chi connectivity index (χ3v) is 8.60. The second-order valence-corrected chi connectivity index (χ2v) is 11.1. The van der Waals surface area contributed by atoms with Crippen LogP contribution in [0.15, 0.2) is 103 Å². The van der Waals surface area contributed by atoms with Gasteiger partial charge in [-0.25, -0.2) is 4.39 Å². The van der Waals surface area contributed by atoms with E-state index in [1.807, 2.05) is 73.3 Å². The second kappa shape index (κ2) is 11.3. The number of carbonyl (C=O) groups is 2. The highest BCUT2D eigenvalue weighted by atomic mass is 19.1. The lowest BCUT2D eigenvalue weighted by atomic mass is 9.90. The molecule has 0 radical (unpaired) electrons. The molecular weight excluding hydrogens is 525 g/mol. The van der Waals surface area contributed by atoms with Crippen LogP contribution in [0.25, 0.3) is 22.2 Å². The number of nitrogens with zero attached hydrogens (tertiary/aromatic N) is 2. The molecule has 0 spiro atoms. The summed E-state index contributed by atoms with van der Waals surface area (Å²) in [7, 11) is 2.06. The standard InChI is InChI=1S/C36H34FN3O2/c1-4-23(2)32(35(41)38-22-24-18-20-26(37)21-19-24)40-34(27-14-8-9-15-28(27)36(40)42)31-29-16-10-11-17-30(29)39(3)33(31)25-12-6-5-7-13-25/h5-21,23,32,34H,4,22H2,1-3H3,(H,38,41). The Balaban J connectivity index is 1.52. The van der Waals surface area contributed by atoms with E-state index in [0.29, 0.717) is 12.0 Å². The maximum absolute atomic E-state index is 14.3. The maximum atomic E-state index is 14.3. The van der Waals surface area contributed by atoms with Crippen LogP contribution in [0.4, 0.5) is 4.39 Å². The van der Waals surface area contributed by atoms with Crippen molar-refractivity contribution in [2.45, 2.75) is 38.9 Å². The Morgan fingerprint density at radius 1 is 0.905 bits per heavy atom. The fraction of sp³-hybridized carbons (Fsp3) is 0.222. The molecule has 5 aromatic rings. The number of nitrogens with one attached hydrogen (secondary N) is 1.